The number of rotatable bonds is 7. The van der Waals surface area contributed by atoms with Crippen molar-refractivity contribution < 1.29 is 4.74 Å². The van der Waals surface area contributed by atoms with Crippen LogP contribution in [0.5, 0.6) is 5.75 Å². The molecule has 1 aromatic carbocycles. The lowest BCUT2D eigenvalue weighted by molar-refractivity contribution is 0.304. The Balaban J connectivity index is 2.24. The molecule has 0 amide bonds. The molecule has 1 N–H and O–H groups in total. The summed E-state index contributed by atoms with van der Waals surface area (Å²) >= 11 is 0. The zero-order chi connectivity index (χ0) is 11.8. The first-order valence-corrected chi connectivity index (χ1v) is 6.15. The normalized spacial score (nSPS) is 10.4. The van der Waals surface area contributed by atoms with Gasteiger partial charge in [0.2, 0.25) is 0 Å². The van der Waals surface area contributed by atoms with E-state index in [9.17, 15) is 0 Å². The topological polar surface area (TPSA) is 21.3 Å². The zero-order valence-corrected chi connectivity index (χ0v) is 10.7. The Kier molecular flexibility index (Phi) is 5.94. The third kappa shape index (κ3) is 4.23. The quantitative estimate of drug-likeness (QED) is 0.714. The number of hydrogen-bond donors (Lipinski definition) is 1. The van der Waals surface area contributed by atoms with Crippen molar-refractivity contribution in [1.82, 2.24) is 5.32 Å². The van der Waals surface area contributed by atoms with Crippen molar-refractivity contribution in [3.8, 4) is 5.75 Å². The second kappa shape index (κ2) is 7.29. The number of unbranched alkanes of at least 4 members (excludes halogenated alkanes) is 1. The van der Waals surface area contributed by atoms with E-state index < -0.39 is 0 Å². The zero-order valence-electron chi connectivity index (χ0n) is 10.7. The van der Waals surface area contributed by atoms with Crippen molar-refractivity contribution in [2.45, 2.75) is 33.6 Å². The molecule has 0 aromatic heterocycles. The second-order valence-electron chi connectivity index (χ2n) is 4.11. The van der Waals surface area contributed by atoms with Gasteiger partial charge in [0.15, 0.2) is 0 Å². The summed E-state index contributed by atoms with van der Waals surface area (Å²) in [5, 5.41) is 3.31. The van der Waals surface area contributed by atoms with Crippen LogP contribution < -0.4 is 10.1 Å². The van der Waals surface area contributed by atoms with Gasteiger partial charge in [-0.15, -0.1) is 0 Å². The summed E-state index contributed by atoms with van der Waals surface area (Å²) in [4.78, 5) is 0. The average Bonchev–Trinajstić information content (AvgIpc) is 2.29. The Morgan fingerprint density at radius 2 is 2.00 bits per heavy atom. The Morgan fingerprint density at radius 3 is 2.75 bits per heavy atom. The maximum absolute atomic E-state index is 5.77. The summed E-state index contributed by atoms with van der Waals surface area (Å²) in [7, 11) is 0. The molecular formula is C14H23NO. The van der Waals surface area contributed by atoms with Crippen molar-refractivity contribution >= 4 is 0 Å². The maximum Gasteiger partial charge on any atom is 0.122 e. The first kappa shape index (κ1) is 13.0. The van der Waals surface area contributed by atoms with Crippen LogP contribution in [0, 0.1) is 13.8 Å². The Labute approximate surface area is 99.0 Å². The molecule has 0 spiro atoms. The average molecular weight is 221 g/mol. The molecule has 0 atom stereocenters. The monoisotopic (exact) mass is 221 g/mol. The number of nitrogens with one attached hydrogen (secondary N) is 1. The SMILES string of the molecule is CCNCCCCOc1cccc(C)c1C. The van der Waals surface area contributed by atoms with Gasteiger partial charge in [-0.2, -0.15) is 0 Å². The van der Waals surface area contributed by atoms with Crippen LogP contribution in [0.4, 0.5) is 0 Å². The van der Waals surface area contributed by atoms with Crippen molar-refractivity contribution in [2.24, 2.45) is 0 Å². The van der Waals surface area contributed by atoms with Crippen LogP contribution in [-0.4, -0.2) is 19.7 Å². The molecule has 0 heterocycles. The fourth-order valence-electron chi connectivity index (χ4n) is 1.59. The number of ether oxygens (including phenoxy) is 1. The van der Waals surface area contributed by atoms with Crippen LogP contribution in [0.15, 0.2) is 18.2 Å². The van der Waals surface area contributed by atoms with Gasteiger partial charge in [0.1, 0.15) is 5.75 Å². The van der Waals surface area contributed by atoms with Crippen LogP contribution in [0.25, 0.3) is 0 Å². The molecule has 1 aromatic rings. The summed E-state index contributed by atoms with van der Waals surface area (Å²) < 4.78 is 5.77. The Morgan fingerprint density at radius 1 is 1.19 bits per heavy atom. The van der Waals surface area contributed by atoms with E-state index in [2.05, 4.69) is 38.2 Å². The van der Waals surface area contributed by atoms with Crippen molar-refractivity contribution in [3.63, 3.8) is 0 Å². The molecule has 0 aliphatic heterocycles. The predicted molar refractivity (Wildman–Crippen MR) is 69.2 cm³/mol. The lowest BCUT2D eigenvalue weighted by Gasteiger charge is -2.10. The number of benzene rings is 1. The summed E-state index contributed by atoms with van der Waals surface area (Å²) in [6, 6.07) is 6.22. The standard InChI is InChI=1S/C14H23NO/c1-4-15-10-5-6-11-16-14-9-7-8-12(2)13(14)3/h7-9,15H,4-6,10-11H2,1-3H3. The Hall–Kier alpha value is -1.02. The molecule has 0 bridgehead atoms. The number of hydrogen-bond acceptors (Lipinski definition) is 2. The van der Waals surface area contributed by atoms with E-state index in [0.29, 0.717) is 0 Å². The first-order valence-electron chi connectivity index (χ1n) is 6.15. The highest BCUT2D eigenvalue weighted by atomic mass is 16.5. The highest BCUT2D eigenvalue weighted by molar-refractivity contribution is 5.38. The molecule has 0 aliphatic rings. The van der Waals surface area contributed by atoms with Crippen LogP contribution in [0.2, 0.25) is 0 Å². The molecule has 2 heteroatoms. The first-order chi connectivity index (χ1) is 7.75. The largest absolute Gasteiger partial charge is 0.493 e. The van der Waals surface area contributed by atoms with E-state index in [1.54, 1.807) is 0 Å². The minimum absolute atomic E-state index is 0.815. The lowest BCUT2D eigenvalue weighted by atomic mass is 10.1. The van der Waals surface area contributed by atoms with Gasteiger partial charge in [-0.1, -0.05) is 19.1 Å². The molecule has 0 saturated heterocycles. The molecule has 0 unspecified atom stereocenters. The third-order valence-electron chi connectivity index (χ3n) is 2.81. The van der Waals surface area contributed by atoms with Crippen molar-refractivity contribution in [3.05, 3.63) is 29.3 Å². The van der Waals surface area contributed by atoms with Crippen molar-refractivity contribution in [1.29, 1.82) is 0 Å². The molecule has 90 valence electrons. The lowest BCUT2D eigenvalue weighted by Crippen LogP contribution is -2.14. The van der Waals surface area contributed by atoms with Crippen molar-refractivity contribution in [2.75, 3.05) is 19.7 Å². The van der Waals surface area contributed by atoms with E-state index in [1.807, 2.05) is 6.07 Å². The van der Waals surface area contributed by atoms with E-state index >= 15 is 0 Å². The number of aryl methyl sites for hydroxylation is 1. The molecule has 2 nitrogen and oxygen atoms in total. The molecule has 0 aliphatic carbocycles. The van der Waals surface area contributed by atoms with E-state index in [1.165, 1.54) is 17.5 Å². The van der Waals surface area contributed by atoms with Gasteiger partial charge in [-0.25, -0.2) is 0 Å². The third-order valence-corrected chi connectivity index (χ3v) is 2.81. The van der Waals surface area contributed by atoms with Gasteiger partial charge in [0, 0.05) is 0 Å². The molecule has 0 fully saturated rings. The summed E-state index contributed by atoms with van der Waals surface area (Å²) in [6.45, 7) is 9.32. The smallest absolute Gasteiger partial charge is 0.122 e. The summed E-state index contributed by atoms with van der Waals surface area (Å²) in [5.41, 5.74) is 2.55. The minimum atomic E-state index is 0.815. The minimum Gasteiger partial charge on any atom is -0.493 e. The summed E-state index contributed by atoms with van der Waals surface area (Å²) in [6.07, 6.45) is 2.29. The van der Waals surface area contributed by atoms with Crippen LogP contribution >= 0.6 is 0 Å². The molecular weight excluding hydrogens is 198 g/mol. The molecule has 1 rings (SSSR count). The van der Waals surface area contributed by atoms with Gasteiger partial charge in [0.05, 0.1) is 6.61 Å². The van der Waals surface area contributed by atoms with Crippen LogP contribution in [-0.2, 0) is 0 Å². The van der Waals surface area contributed by atoms with E-state index in [0.717, 1.165) is 31.9 Å². The fourth-order valence-corrected chi connectivity index (χ4v) is 1.59. The van der Waals surface area contributed by atoms with Crippen LogP contribution in [0.1, 0.15) is 30.9 Å². The van der Waals surface area contributed by atoms with Crippen LogP contribution in [0.3, 0.4) is 0 Å². The Bertz CT molecular complexity index is 310. The van der Waals surface area contributed by atoms with E-state index in [4.69, 9.17) is 4.74 Å². The summed E-state index contributed by atoms with van der Waals surface area (Å²) in [5.74, 6) is 1.03. The van der Waals surface area contributed by atoms with Gasteiger partial charge in [0.25, 0.3) is 0 Å². The van der Waals surface area contributed by atoms with Gasteiger partial charge in [-0.3, -0.25) is 0 Å². The van der Waals surface area contributed by atoms with E-state index in [-0.39, 0.29) is 0 Å². The molecule has 0 radical (unpaired) electrons. The molecule has 0 saturated carbocycles. The maximum atomic E-state index is 5.77. The predicted octanol–water partition coefficient (Wildman–Crippen LogP) is 3.07. The highest BCUT2D eigenvalue weighted by Crippen LogP contribution is 2.20. The van der Waals surface area contributed by atoms with Gasteiger partial charge < -0.3 is 10.1 Å². The molecule has 16 heavy (non-hydrogen) atoms. The van der Waals surface area contributed by atoms with Gasteiger partial charge >= 0.3 is 0 Å². The van der Waals surface area contributed by atoms with Gasteiger partial charge in [-0.05, 0) is 57.0 Å². The second-order valence-corrected chi connectivity index (χ2v) is 4.11. The highest BCUT2D eigenvalue weighted by Gasteiger charge is 2.00. The fraction of sp³-hybridized carbons (Fsp3) is 0.571.